The minimum atomic E-state index is -0.199. The van der Waals surface area contributed by atoms with Gasteiger partial charge in [0.2, 0.25) is 5.91 Å². The number of benzene rings is 1. The van der Waals surface area contributed by atoms with Gasteiger partial charge in [0.15, 0.2) is 0 Å². The van der Waals surface area contributed by atoms with E-state index in [2.05, 4.69) is 29.2 Å². The summed E-state index contributed by atoms with van der Waals surface area (Å²) in [5.74, 6) is 0.0625. The number of amides is 1. The lowest BCUT2D eigenvalue weighted by molar-refractivity contribution is -0.135. The second kappa shape index (κ2) is 6.45. The van der Waals surface area contributed by atoms with Gasteiger partial charge in [-0.25, -0.2) is 4.68 Å². The highest BCUT2D eigenvalue weighted by Gasteiger charge is 2.25. The smallest absolute Gasteiger partial charge is 0.277 e. The summed E-state index contributed by atoms with van der Waals surface area (Å²) in [4.78, 5) is 28.9. The zero-order valence-corrected chi connectivity index (χ0v) is 13.5. The quantitative estimate of drug-likeness (QED) is 0.817. The first-order valence-corrected chi connectivity index (χ1v) is 7.87. The summed E-state index contributed by atoms with van der Waals surface area (Å²) in [5.41, 5.74) is 0.377. The summed E-state index contributed by atoms with van der Waals surface area (Å²) in [5, 5.41) is 8.50. The second-order valence-corrected chi connectivity index (χ2v) is 6.08. The van der Waals surface area contributed by atoms with Crippen molar-refractivity contribution >= 4 is 16.8 Å². The summed E-state index contributed by atoms with van der Waals surface area (Å²) in [6, 6.07) is 7.30. The van der Waals surface area contributed by atoms with Crippen LogP contribution in [0.15, 0.2) is 29.1 Å². The molecule has 3 rings (SSSR count). The van der Waals surface area contributed by atoms with E-state index in [9.17, 15) is 9.59 Å². The molecule has 1 saturated heterocycles. The van der Waals surface area contributed by atoms with Crippen molar-refractivity contribution in [2.45, 2.75) is 25.9 Å². The highest BCUT2D eigenvalue weighted by molar-refractivity contribution is 5.77. The molecule has 1 amide bonds. The first-order chi connectivity index (χ1) is 11.1. The van der Waals surface area contributed by atoms with Crippen molar-refractivity contribution in [1.82, 2.24) is 24.8 Å². The van der Waals surface area contributed by atoms with Crippen molar-refractivity contribution in [3.63, 3.8) is 0 Å². The molecule has 23 heavy (non-hydrogen) atoms. The number of nitrogens with zero attached hydrogens (tertiary/aromatic N) is 5. The topological polar surface area (TPSA) is 71.3 Å². The molecule has 1 atom stereocenters. The molecule has 1 aromatic heterocycles. The van der Waals surface area contributed by atoms with E-state index < -0.39 is 0 Å². The molecule has 1 aliphatic heterocycles. The van der Waals surface area contributed by atoms with Crippen LogP contribution in [0.5, 0.6) is 0 Å². The van der Waals surface area contributed by atoms with Crippen LogP contribution in [0.4, 0.5) is 0 Å². The van der Waals surface area contributed by atoms with Crippen molar-refractivity contribution < 1.29 is 4.79 Å². The van der Waals surface area contributed by atoms with Crippen molar-refractivity contribution in [2.24, 2.45) is 0 Å². The van der Waals surface area contributed by atoms with E-state index in [4.69, 9.17) is 0 Å². The molecule has 0 bridgehead atoms. The monoisotopic (exact) mass is 315 g/mol. The molecule has 0 radical (unpaired) electrons. The van der Waals surface area contributed by atoms with E-state index in [-0.39, 0.29) is 30.5 Å². The maximum atomic E-state index is 12.4. The number of aryl methyl sites for hydroxylation is 1. The highest BCUT2D eigenvalue weighted by Crippen LogP contribution is 2.10. The number of piperazine rings is 1. The zero-order valence-electron chi connectivity index (χ0n) is 13.5. The Kier molecular flexibility index (Phi) is 4.38. The molecule has 0 unspecified atom stereocenters. The van der Waals surface area contributed by atoms with Gasteiger partial charge in [0.05, 0.1) is 11.9 Å². The fraction of sp³-hybridized carbons (Fsp3) is 0.500. The lowest BCUT2D eigenvalue weighted by Crippen LogP contribution is -2.52. The van der Waals surface area contributed by atoms with Crippen molar-refractivity contribution in [1.29, 1.82) is 0 Å². The van der Waals surface area contributed by atoms with E-state index in [0.29, 0.717) is 10.9 Å². The molecular weight excluding hydrogens is 294 g/mol. The number of likely N-dealkylation sites (N-methyl/N-ethyl adjacent to an activating group) is 1. The molecule has 0 aliphatic carbocycles. The van der Waals surface area contributed by atoms with E-state index in [1.807, 2.05) is 11.0 Å². The fourth-order valence-electron chi connectivity index (χ4n) is 3.03. The Bertz CT molecular complexity index is 772. The van der Waals surface area contributed by atoms with Crippen molar-refractivity contribution in [2.75, 3.05) is 26.7 Å². The number of carbonyl (C=O) groups excluding carboxylic acids is 1. The predicted molar refractivity (Wildman–Crippen MR) is 87.1 cm³/mol. The van der Waals surface area contributed by atoms with Gasteiger partial charge in [0.25, 0.3) is 5.56 Å². The maximum absolute atomic E-state index is 12.4. The van der Waals surface area contributed by atoms with E-state index >= 15 is 0 Å². The van der Waals surface area contributed by atoms with Gasteiger partial charge in [0.1, 0.15) is 5.52 Å². The summed E-state index contributed by atoms with van der Waals surface area (Å²) in [7, 11) is 2.06. The Morgan fingerprint density at radius 1 is 1.30 bits per heavy atom. The lowest BCUT2D eigenvalue weighted by atomic mass is 10.2. The van der Waals surface area contributed by atoms with Crippen LogP contribution in [0.1, 0.15) is 13.3 Å². The van der Waals surface area contributed by atoms with Gasteiger partial charge in [-0.2, -0.15) is 0 Å². The summed E-state index contributed by atoms with van der Waals surface area (Å²) < 4.78 is 1.28. The van der Waals surface area contributed by atoms with Gasteiger partial charge in [-0.1, -0.05) is 17.3 Å². The third-order valence-electron chi connectivity index (χ3n) is 4.32. The molecule has 1 aromatic carbocycles. The zero-order chi connectivity index (χ0) is 16.4. The van der Waals surface area contributed by atoms with Crippen LogP contribution in [-0.4, -0.2) is 63.4 Å². The summed E-state index contributed by atoms with van der Waals surface area (Å²) in [6.07, 6.45) is 0.265. The van der Waals surface area contributed by atoms with E-state index in [1.54, 1.807) is 18.2 Å². The van der Waals surface area contributed by atoms with Gasteiger partial charge in [-0.3, -0.25) is 9.59 Å². The average Bonchev–Trinajstić information content (AvgIpc) is 2.54. The van der Waals surface area contributed by atoms with Gasteiger partial charge in [-0.05, 0) is 26.1 Å². The minimum absolute atomic E-state index is 0.0625. The van der Waals surface area contributed by atoms with E-state index in [0.717, 1.165) is 19.6 Å². The fourth-order valence-corrected chi connectivity index (χ4v) is 3.03. The molecular formula is C16H21N5O2. The largest absolute Gasteiger partial charge is 0.337 e. The normalized spacial score (nSPS) is 19.2. The van der Waals surface area contributed by atoms with Crippen molar-refractivity contribution in [3.8, 4) is 0 Å². The van der Waals surface area contributed by atoms with Crippen molar-refractivity contribution in [3.05, 3.63) is 34.6 Å². The maximum Gasteiger partial charge on any atom is 0.277 e. The molecule has 7 nitrogen and oxygen atoms in total. The number of rotatable bonds is 3. The number of fused-ring (bicyclic) bond motifs is 1. The number of hydrogen-bond donors (Lipinski definition) is 0. The summed E-state index contributed by atoms with van der Waals surface area (Å²) >= 11 is 0. The third kappa shape index (κ3) is 3.24. The Hall–Kier alpha value is -2.28. The molecule has 1 aliphatic rings. The molecule has 2 heterocycles. The number of aromatic nitrogens is 3. The minimum Gasteiger partial charge on any atom is -0.337 e. The molecule has 2 aromatic rings. The Balaban J connectivity index is 1.70. The van der Waals surface area contributed by atoms with Gasteiger partial charge in [0, 0.05) is 32.1 Å². The molecule has 7 heteroatoms. The van der Waals surface area contributed by atoms with Gasteiger partial charge in [-0.15, -0.1) is 5.10 Å². The van der Waals surface area contributed by atoms with Crippen LogP contribution in [0.25, 0.3) is 10.9 Å². The number of hydrogen-bond acceptors (Lipinski definition) is 5. The van der Waals surface area contributed by atoms with Gasteiger partial charge < -0.3 is 9.80 Å². The standard InChI is InChI=1S/C16H21N5O2/c1-12-11-19(2)9-10-20(12)15(22)7-8-21-16(23)13-5-3-4-6-14(13)17-18-21/h3-6,12H,7-11H2,1-2H3/t12-/m1/s1. The van der Waals surface area contributed by atoms with Crippen LogP contribution in [-0.2, 0) is 11.3 Å². The molecule has 0 spiro atoms. The van der Waals surface area contributed by atoms with Gasteiger partial charge >= 0.3 is 0 Å². The SMILES string of the molecule is C[C@@H]1CN(C)CCN1C(=O)CCn1nnc2ccccc2c1=O. The second-order valence-electron chi connectivity index (χ2n) is 6.08. The Morgan fingerprint density at radius 3 is 2.87 bits per heavy atom. The molecule has 122 valence electrons. The molecule has 1 fully saturated rings. The Morgan fingerprint density at radius 2 is 2.09 bits per heavy atom. The van der Waals surface area contributed by atoms with Crippen LogP contribution in [0, 0.1) is 0 Å². The van der Waals surface area contributed by atoms with Crippen LogP contribution >= 0.6 is 0 Å². The number of carbonyl (C=O) groups is 1. The van der Waals surface area contributed by atoms with Crippen LogP contribution in [0.3, 0.4) is 0 Å². The van der Waals surface area contributed by atoms with Crippen LogP contribution in [0.2, 0.25) is 0 Å². The summed E-state index contributed by atoms with van der Waals surface area (Å²) in [6.45, 7) is 4.80. The first-order valence-electron chi connectivity index (χ1n) is 7.87. The van der Waals surface area contributed by atoms with E-state index in [1.165, 1.54) is 4.68 Å². The lowest BCUT2D eigenvalue weighted by Gasteiger charge is -2.38. The molecule has 0 saturated carbocycles. The van der Waals surface area contributed by atoms with Crippen LogP contribution < -0.4 is 5.56 Å². The Labute approximate surface area is 134 Å². The highest BCUT2D eigenvalue weighted by atomic mass is 16.2. The molecule has 0 N–H and O–H groups in total. The third-order valence-corrected chi connectivity index (χ3v) is 4.32. The average molecular weight is 315 g/mol. The first kappa shape index (κ1) is 15.6. The predicted octanol–water partition coefficient (Wildman–Crippen LogP) is 0.344.